The van der Waals surface area contributed by atoms with Gasteiger partial charge < -0.3 is 15.0 Å². The van der Waals surface area contributed by atoms with E-state index in [4.69, 9.17) is 9.94 Å². The Morgan fingerprint density at radius 1 is 1.00 bits per heavy atom. The van der Waals surface area contributed by atoms with Gasteiger partial charge in [-0.15, -0.1) is 0 Å². The maximum atomic E-state index is 12.9. The number of methoxy groups -OCH3 is 1. The van der Waals surface area contributed by atoms with Crippen LogP contribution in [-0.4, -0.2) is 61.2 Å². The quantitative estimate of drug-likeness (QED) is 0.262. The standard InChI is InChI=1S/C24H27N3O5/c1-24(22(29)25-2,23(30)26-31)27(3)21(28)20-13-11-18(12-14-20)6-5-17-7-9-19(10-8-17)15-16-32-4/h7-14,31H,15-16H2,1-4H3,(H,25,29)(H,26,30)/t24-/m0/s1. The van der Waals surface area contributed by atoms with Crippen LogP contribution in [0.25, 0.3) is 0 Å². The molecule has 0 saturated carbocycles. The van der Waals surface area contributed by atoms with Crippen LogP contribution in [0, 0.1) is 11.8 Å². The van der Waals surface area contributed by atoms with Crippen molar-refractivity contribution in [3.05, 3.63) is 70.8 Å². The van der Waals surface area contributed by atoms with Gasteiger partial charge in [0.2, 0.25) is 0 Å². The lowest BCUT2D eigenvalue weighted by Crippen LogP contribution is -2.64. The van der Waals surface area contributed by atoms with E-state index >= 15 is 0 Å². The van der Waals surface area contributed by atoms with E-state index < -0.39 is 23.3 Å². The van der Waals surface area contributed by atoms with Crippen molar-refractivity contribution in [2.75, 3.05) is 27.8 Å². The van der Waals surface area contributed by atoms with E-state index in [-0.39, 0.29) is 5.56 Å². The average molecular weight is 437 g/mol. The summed E-state index contributed by atoms with van der Waals surface area (Å²) in [4.78, 5) is 38.2. The zero-order valence-electron chi connectivity index (χ0n) is 18.6. The van der Waals surface area contributed by atoms with Gasteiger partial charge in [-0.2, -0.15) is 0 Å². The van der Waals surface area contributed by atoms with Gasteiger partial charge in [0, 0.05) is 37.9 Å². The van der Waals surface area contributed by atoms with E-state index in [1.54, 1.807) is 31.4 Å². The maximum Gasteiger partial charge on any atom is 0.278 e. The summed E-state index contributed by atoms with van der Waals surface area (Å²) in [7, 11) is 4.32. The Kier molecular flexibility index (Phi) is 8.53. The number of rotatable bonds is 7. The molecule has 1 atom stereocenters. The number of likely N-dealkylation sites (N-methyl/N-ethyl adjacent to an activating group) is 2. The number of hydrogen-bond acceptors (Lipinski definition) is 5. The third-order valence-electron chi connectivity index (χ3n) is 5.22. The molecule has 0 radical (unpaired) electrons. The molecule has 168 valence electrons. The van der Waals surface area contributed by atoms with Crippen molar-refractivity contribution >= 4 is 17.7 Å². The summed E-state index contributed by atoms with van der Waals surface area (Å²) in [6.07, 6.45) is 0.840. The van der Waals surface area contributed by atoms with Crippen LogP contribution in [-0.2, 0) is 20.7 Å². The summed E-state index contributed by atoms with van der Waals surface area (Å²) in [5.74, 6) is 3.79. The maximum absolute atomic E-state index is 12.9. The van der Waals surface area contributed by atoms with Crippen LogP contribution in [0.3, 0.4) is 0 Å². The molecule has 2 rings (SSSR count). The first-order valence-electron chi connectivity index (χ1n) is 9.92. The van der Waals surface area contributed by atoms with E-state index in [2.05, 4.69) is 17.2 Å². The molecule has 0 aliphatic carbocycles. The normalized spacial score (nSPS) is 12.0. The Bertz CT molecular complexity index is 1000. The number of benzene rings is 2. The number of nitrogens with one attached hydrogen (secondary N) is 2. The predicted octanol–water partition coefficient (Wildman–Crippen LogP) is 1.36. The number of ether oxygens (including phenoxy) is 1. The van der Waals surface area contributed by atoms with Crippen molar-refractivity contribution in [1.29, 1.82) is 0 Å². The predicted molar refractivity (Wildman–Crippen MR) is 119 cm³/mol. The van der Waals surface area contributed by atoms with E-state index in [0.717, 1.165) is 16.9 Å². The summed E-state index contributed by atoms with van der Waals surface area (Å²) in [5, 5.41) is 11.4. The van der Waals surface area contributed by atoms with Crippen molar-refractivity contribution < 1.29 is 24.3 Å². The molecule has 3 N–H and O–H groups in total. The highest BCUT2D eigenvalue weighted by Gasteiger charge is 2.47. The first kappa shape index (κ1) is 24.6. The van der Waals surface area contributed by atoms with Crippen molar-refractivity contribution in [2.45, 2.75) is 18.9 Å². The molecule has 0 saturated heterocycles. The van der Waals surface area contributed by atoms with Gasteiger partial charge in [-0.1, -0.05) is 24.0 Å². The summed E-state index contributed by atoms with van der Waals surface area (Å²) in [6, 6.07) is 14.4. The second kappa shape index (κ2) is 11.1. The SMILES string of the molecule is CNC(=O)[C@@](C)(C(=O)NO)N(C)C(=O)c1ccc(C#Cc2ccc(CCOC)cc2)cc1. The fourth-order valence-electron chi connectivity index (χ4n) is 2.97. The van der Waals surface area contributed by atoms with Gasteiger partial charge in [-0.3, -0.25) is 19.6 Å². The monoisotopic (exact) mass is 437 g/mol. The van der Waals surface area contributed by atoms with Gasteiger partial charge in [0.25, 0.3) is 17.7 Å². The molecule has 0 bridgehead atoms. The number of carbonyl (C=O) groups excluding carboxylic acids is 3. The minimum Gasteiger partial charge on any atom is -0.384 e. The van der Waals surface area contributed by atoms with Gasteiger partial charge in [0.15, 0.2) is 5.54 Å². The number of carbonyl (C=O) groups is 3. The molecule has 0 aromatic heterocycles. The second-order valence-corrected chi connectivity index (χ2v) is 7.22. The number of hydroxylamine groups is 1. The van der Waals surface area contributed by atoms with Crippen LogP contribution in [0.15, 0.2) is 48.5 Å². The fourth-order valence-corrected chi connectivity index (χ4v) is 2.97. The van der Waals surface area contributed by atoms with Crippen LogP contribution >= 0.6 is 0 Å². The molecule has 8 heteroatoms. The number of hydrogen-bond donors (Lipinski definition) is 3. The van der Waals surface area contributed by atoms with Crippen LogP contribution in [0.2, 0.25) is 0 Å². The molecular formula is C24H27N3O5. The highest BCUT2D eigenvalue weighted by molar-refractivity contribution is 6.12. The van der Waals surface area contributed by atoms with E-state index in [0.29, 0.717) is 12.2 Å². The molecule has 0 unspecified atom stereocenters. The summed E-state index contributed by atoms with van der Waals surface area (Å²) in [5.41, 5.74) is 2.51. The first-order chi connectivity index (χ1) is 15.3. The molecule has 0 aliphatic heterocycles. The Morgan fingerprint density at radius 3 is 2.00 bits per heavy atom. The zero-order valence-corrected chi connectivity index (χ0v) is 18.6. The minimum atomic E-state index is -1.94. The van der Waals surface area contributed by atoms with E-state index in [1.807, 2.05) is 24.3 Å². The smallest absolute Gasteiger partial charge is 0.278 e. The van der Waals surface area contributed by atoms with Crippen LogP contribution in [0.1, 0.15) is 34.0 Å². The van der Waals surface area contributed by atoms with Gasteiger partial charge in [0.1, 0.15) is 0 Å². The molecular weight excluding hydrogens is 410 g/mol. The Morgan fingerprint density at radius 2 is 1.53 bits per heavy atom. The van der Waals surface area contributed by atoms with Gasteiger partial charge in [-0.25, -0.2) is 5.48 Å². The minimum absolute atomic E-state index is 0.265. The summed E-state index contributed by atoms with van der Waals surface area (Å²) in [6.45, 7) is 1.91. The van der Waals surface area contributed by atoms with Crippen LogP contribution < -0.4 is 10.8 Å². The third kappa shape index (κ3) is 5.52. The van der Waals surface area contributed by atoms with Crippen molar-refractivity contribution in [3.63, 3.8) is 0 Å². The zero-order chi connectivity index (χ0) is 23.7. The van der Waals surface area contributed by atoms with Gasteiger partial charge in [-0.05, 0) is 55.3 Å². The number of nitrogens with zero attached hydrogens (tertiary/aromatic N) is 1. The van der Waals surface area contributed by atoms with Crippen molar-refractivity contribution in [1.82, 2.24) is 15.7 Å². The van der Waals surface area contributed by atoms with Crippen molar-refractivity contribution in [3.8, 4) is 11.8 Å². The Balaban J connectivity index is 2.16. The lowest BCUT2D eigenvalue weighted by atomic mass is 9.96. The molecule has 0 aliphatic rings. The van der Waals surface area contributed by atoms with Crippen molar-refractivity contribution in [2.24, 2.45) is 0 Å². The molecule has 0 heterocycles. The molecule has 2 aromatic rings. The molecule has 3 amide bonds. The molecule has 2 aromatic carbocycles. The summed E-state index contributed by atoms with van der Waals surface area (Å²) < 4.78 is 5.07. The summed E-state index contributed by atoms with van der Waals surface area (Å²) >= 11 is 0. The van der Waals surface area contributed by atoms with E-state index in [1.165, 1.54) is 32.1 Å². The van der Waals surface area contributed by atoms with E-state index in [9.17, 15) is 14.4 Å². The molecule has 0 spiro atoms. The fraction of sp³-hybridized carbons (Fsp3) is 0.292. The third-order valence-corrected chi connectivity index (χ3v) is 5.22. The number of amides is 3. The molecule has 32 heavy (non-hydrogen) atoms. The highest BCUT2D eigenvalue weighted by atomic mass is 16.5. The second-order valence-electron chi connectivity index (χ2n) is 7.22. The van der Waals surface area contributed by atoms with Crippen LogP contribution in [0.5, 0.6) is 0 Å². The van der Waals surface area contributed by atoms with Gasteiger partial charge in [0.05, 0.1) is 6.61 Å². The molecule has 8 nitrogen and oxygen atoms in total. The lowest BCUT2D eigenvalue weighted by molar-refractivity contribution is -0.148. The largest absolute Gasteiger partial charge is 0.384 e. The Hall–Kier alpha value is -3.67. The topological polar surface area (TPSA) is 108 Å². The average Bonchev–Trinajstić information content (AvgIpc) is 2.84. The Labute approximate surface area is 187 Å². The first-order valence-corrected chi connectivity index (χ1v) is 9.92. The highest BCUT2D eigenvalue weighted by Crippen LogP contribution is 2.18. The lowest BCUT2D eigenvalue weighted by Gasteiger charge is -2.34. The molecule has 0 fully saturated rings. The van der Waals surface area contributed by atoms with Gasteiger partial charge >= 0.3 is 0 Å². The van der Waals surface area contributed by atoms with Crippen LogP contribution in [0.4, 0.5) is 0 Å².